The molecule has 3 heterocycles. The first-order valence-corrected chi connectivity index (χ1v) is 9.68. The first-order chi connectivity index (χ1) is 13.0. The van der Waals surface area contributed by atoms with E-state index in [1.165, 1.54) is 4.88 Å². The zero-order valence-electron chi connectivity index (χ0n) is 15.3. The van der Waals surface area contributed by atoms with Crippen molar-refractivity contribution < 1.29 is 14.6 Å². The maximum absolute atomic E-state index is 13.0. The van der Waals surface area contributed by atoms with Crippen molar-refractivity contribution in [1.29, 1.82) is 0 Å². The summed E-state index contributed by atoms with van der Waals surface area (Å²) in [6.45, 7) is 5.09. The molecule has 7 heteroatoms. The Hall–Kier alpha value is -2.80. The van der Waals surface area contributed by atoms with Gasteiger partial charge in [-0.05, 0) is 49.7 Å². The van der Waals surface area contributed by atoms with E-state index < -0.39 is 6.04 Å². The number of phenols is 1. The summed E-state index contributed by atoms with van der Waals surface area (Å²) in [5.74, 6) is 0.559. The third-order valence-corrected chi connectivity index (χ3v) is 5.78. The molecule has 0 aliphatic carbocycles. The molecule has 1 amide bonds. The Morgan fingerprint density at radius 1 is 1.37 bits per heavy atom. The number of aromatic nitrogens is 2. The number of rotatable bonds is 3. The predicted molar refractivity (Wildman–Crippen MR) is 104 cm³/mol. The van der Waals surface area contributed by atoms with Gasteiger partial charge in [-0.1, -0.05) is 0 Å². The lowest BCUT2D eigenvalue weighted by Gasteiger charge is -2.24. The quantitative estimate of drug-likeness (QED) is 0.750. The highest BCUT2D eigenvalue weighted by Gasteiger charge is 2.27. The summed E-state index contributed by atoms with van der Waals surface area (Å²) in [6.07, 6.45) is 3.45. The summed E-state index contributed by atoms with van der Waals surface area (Å²) in [4.78, 5) is 17.0. The Bertz CT molecular complexity index is 965. The summed E-state index contributed by atoms with van der Waals surface area (Å²) < 4.78 is 7.41. The minimum absolute atomic E-state index is 0.0213. The fourth-order valence-corrected chi connectivity index (χ4v) is 4.16. The van der Waals surface area contributed by atoms with Gasteiger partial charge in [0.25, 0.3) is 0 Å². The minimum Gasteiger partial charge on any atom is -0.504 e. The van der Waals surface area contributed by atoms with Crippen molar-refractivity contribution >= 4 is 17.2 Å². The first kappa shape index (κ1) is 17.6. The van der Waals surface area contributed by atoms with E-state index in [4.69, 9.17) is 4.74 Å². The third kappa shape index (κ3) is 3.42. The van der Waals surface area contributed by atoms with Crippen LogP contribution in [0.1, 0.15) is 23.4 Å². The van der Waals surface area contributed by atoms with Crippen LogP contribution >= 0.6 is 11.3 Å². The molecule has 0 bridgehead atoms. The Morgan fingerprint density at radius 2 is 2.22 bits per heavy atom. The van der Waals surface area contributed by atoms with Crippen LogP contribution in [0.2, 0.25) is 0 Å². The van der Waals surface area contributed by atoms with Gasteiger partial charge in [-0.3, -0.25) is 9.48 Å². The van der Waals surface area contributed by atoms with Gasteiger partial charge < -0.3 is 14.7 Å². The van der Waals surface area contributed by atoms with Crippen molar-refractivity contribution in [3.8, 4) is 21.9 Å². The van der Waals surface area contributed by atoms with Crippen LogP contribution in [0.4, 0.5) is 0 Å². The van der Waals surface area contributed by atoms with Gasteiger partial charge in [0.1, 0.15) is 12.6 Å². The second kappa shape index (κ2) is 7.08. The molecular weight excluding hydrogens is 362 g/mol. The van der Waals surface area contributed by atoms with Crippen LogP contribution in [0.25, 0.3) is 10.4 Å². The fraction of sp³-hybridized carbons (Fsp3) is 0.300. The Morgan fingerprint density at radius 3 is 2.93 bits per heavy atom. The van der Waals surface area contributed by atoms with Gasteiger partial charge in [0, 0.05) is 34.3 Å². The molecule has 140 valence electrons. The number of fused-ring (bicyclic) bond motifs is 1. The lowest BCUT2D eigenvalue weighted by molar-refractivity contribution is -0.135. The molecule has 0 fully saturated rings. The first-order valence-electron chi connectivity index (χ1n) is 8.86. The van der Waals surface area contributed by atoms with E-state index in [-0.39, 0.29) is 11.7 Å². The summed E-state index contributed by atoms with van der Waals surface area (Å²) in [6, 6.07) is 9.25. The van der Waals surface area contributed by atoms with E-state index in [2.05, 4.69) is 18.1 Å². The average molecular weight is 383 g/mol. The molecule has 2 aromatic heterocycles. The van der Waals surface area contributed by atoms with E-state index in [9.17, 15) is 9.90 Å². The fourth-order valence-electron chi connectivity index (χ4n) is 3.31. The van der Waals surface area contributed by atoms with Gasteiger partial charge >= 0.3 is 0 Å². The molecule has 0 radical (unpaired) electrons. The molecule has 1 aliphatic heterocycles. The molecule has 27 heavy (non-hydrogen) atoms. The number of phenolic OH excluding ortho intramolecular Hbond substituents is 1. The van der Waals surface area contributed by atoms with Crippen molar-refractivity contribution in [3.63, 3.8) is 0 Å². The van der Waals surface area contributed by atoms with Crippen LogP contribution < -0.4 is 4.74 Å². The normalized spacial score (nSPS) is 15.0. The predicted octanol–water partition coefficient (Wildman–Crippen LogP) is 3.61. The maximum Gasteiger partial charge on any atom is 0.247 e. The largest absolute Gasteiger partial charge is 0.504 e. The number of nitrogens with zero attached hydrogens (tertiary/aromatic N) is 3. The third-order valence-electron chi connectivity index (χ3n) is 4.73. The number of thiophene rings is 1. The molecule has 1 N–H and O–H groups in total. The van der Waals surface area contributed by atoms with Crippen molar-refractivity contribution in [2.45, 2.75) is 26.4 Å². The van der Waals surface area contributed by atoms with Gasteiger partial charge in [-0.2, -0.15) is 5.10 Å². The second-order valence-electron chi connectivity index (χ2n) is 6.66. The molecule has 1 aromatic carbocycles. The van der Waals surface area contributed by atoms with Crippen molar-refractivity contribution in [2.75, 3.05) is 13.2 Å². The lowest BCUT2D eigenvalue weighted by Crippen LogP contribution is -2.37. The molecular formula is C20H21N3O3S. The highest BCUT2D eigenvalue weighted by atomic mass is 32.1. The SMILES string of the molecule is Cc1ccc(-c2cc(O)c3c(c2)CN(C(=O)[C@@H](C)n2cccn2)CCO3)s1. The maximum atomic E-state index is 13.0. The highest BCUT2D eigenvalue weighted by Crippen LogP contribution is 2.39. The number of amides is 1. The number of carbonyl (C=O) groups is 1. The summed E-state index contributed by atoms with van der Waals surface area (Å²) in [5.41, 5.74) is 1.75. The van der Waals surface area contributed by atoms with Gasteiger partial charge in [0.2, 0.25) is 5.91 Å². The van der Waals surface area contributed by atoms with Crippen LogP contribution in [0.5, 0.6) is 11.5 Å². The number of aromatic hydroxyl groups is 1. The Labute approximate surface area is 161 Å². The number of hydrogen-bond donors (Lipinski definition) is 1. The number of hydrogen-bond acceptors (Lipinski definition) is 5. The lowest BCUT2D eigenvalue weighted by atomic mass is 10.1. The van der Waals surface area contributed by atoms with Gasteiger partial charge in [0.15, 0.2) is 11.5 Å². The number of aryl methyl sites for hydroxylation is 1. The van der Waals surface area contributed by atoms with E-state index in [1.807, 2.05) is 19.1 Å². The van der Waals surface area contributed by atoms with Crippen LogP contribution in [0.15, 0.2) is 42.7 Å². The van der Waals surface area contributed by atoms with Crippen molar-refractivity contribution in [1.82, 2.24) is 14.7 Å². The minimum atomic E-state index is -0.390. The molecule has 6 nitrogen and oxygen atoms in total. The summed E-state index contributed by atoms with van der Waals surface area (Å²) >= 11 is 1.67. The highest BCUT2D eigenvalue weighted by molar-refractivity contribution is 7.15. The van der Waals surface area contributed by atoms with Crippen molar-refractivity contribution in [3.05, 3.63) is 53.2 Å². The second-order valence-corrected chi connectivity index (χ2v) is 7.95. The average Bonchev–Trinajstić information content (AvgIpc) is 3.28. The van der Waals surface area contributed by atoms with Crippen LogP contribution in [-0.4, -0.2) is 38.8 Å². The number of carbonyl (C=O) groups excluding carboxylic acids is 1. The van der Waals surface area contributed by atoms with E-state index in [0.717, 1.165) is 16.0 Å². The zero-order chi connectivity index (χ0) is 19.0. The standard InChI is InChI=1S/C20H21N3O3S/c1-13-4-5-18(27-13)15-10-16-12-22(8-9-26-19(16)17(24)11-15)20(25)14(2)23-7-3-6-21-23/h3-7,10-11,14,24H,8-9,12H2,1-2H3/t14-/m1/s1. The number of benzene rings is 1. The van der Waals surface area contributed by atoms with Crippen LogP contribution in [-0.2, 0) is 11.3 Å². The number of ether oxygens (including phenoxy) is 1. The molecule has 1 atom stereocenters. The summed E-state index contributed by atoms with van der Waals surface area (Å²) in [7, 11) is 0. The molecule has 3 aromatic rings. The molecule has 4 rings (SSSR count). The molecule has 1 aliphatic rings. The van der Waals surface area contributed by atoms with Gasteiger partial charge in [-0.15, -0.1) is 11.3 Å². The monoisotopic (exact) mass is 383 g/mol. The van der Waals surface area contributed by atoms with Gasteiger partial charge in [-0.25, -0.2) is 0 Å². The Balaban J connectivity index is 1.64. The van der Waals surface area contributed by atoms with Crippen LogP contribution in [0.3, 0.4) is 0 Å². The van der Waals surface area contributed by atoms with Crippen molar-refractivity contribution in [2.24, 2.45) is 0 Å². The van der Waals surface area contributed by atoms with E-state index in [0.29, 0.717) is 25.4 Å². The molecule has 0 saturated heterocycles. The van der Waals surface area contributed by atoms with E-state index in [1.54, 1.807) is 45.4 Å². The Kier molecular flexibility index (Phi) is 4.61. The van der Waals surface area contributed by atoms with Gasteiger partial charge in [0.05, 0.1) is 6.54 Å². The molecule has 0 saturated carbocycles. The zero-order valence-corrected chi connectivity index (χ0v) is 16.1. The summed E-state index contributed by atoms with van der Waals surface area (Å²) in [5, 5.41) is 14.6. The van der Waals surface area contributed by atoms with E-state index >= 15 is 0 Å². The topological polar surface area (TPSA) is 67.6 Å². The van der Waals surface area contributed by atoms with Crippen LogP contribution in [0, 0.1) is 6.92 Å². The molecule has 0 unspecified atom stereocenters. The smallest absolute Gasteiger partial charge is 0.247 e. The molecule has 0 spiro atoms.